The molecule has 1 heterocycles. The number of likely N-dealkylation sites (N-methyl/N-ethyl adjacent to an activating group) is 1. The molecule has 1 fully saturated rings. The summed E-state index contributed by atoms with van der Waals surface area (Å²) in [6.07, 6.45) is 1.10. The van der Waals surface area contributed by atoms with Crippen molar-refractivity contribution in [2.24, 2.45) is 0 Å². The van der Waals surface area contributed by atoms with Crippen LogP contribution in [-0.4, -0.2) is 31.2 Å². The van der Waals surface area contributed by atoms with E-state index in [-0.39, 0.29) is 0 Å². The monoisotopic (exact) mass is 240 g/mol. The Morgan fingerprint density at radius 2 is 2.31 bits per heavy atom. The van der Waals surface area contributed by atoms with Gasteiger partial charge >= 0.3 is 0 Å². The number of nitrogen functional groups attached to an aromatic ring is 1. The van der Waals surface area contributed by atoms with Crippen LogP contribution in [0.2, 0.25) is 5.02 Å². The number of halogens is 1. The van der Waals surface area contributed by atoms with E-state index in [1.165, 1.54) is 0 Å². The molecule has 1 unspecified atom stereocenters. The van der Waals surface area contributed by atoms with Gasteiger partial charge < -0.3 is 10.5 Å². The van der Waals surface area contributed by atoms with Crippen molar-refractivity contribution in [2.45, 2.75) is 19.0 Å². The van der Waals surface area contributed by atoms with Crippen LogP contribution in [0.4, 0.5) is 5.69 Å². The van der Waals surface area contributed by atoms with Crippen LogP contribution >= 0.6 is 11.6 Å². The summed E-state index contributed by atoms with van der Waals surface area (Å²) in [4.78, 5) is 2.29. The van der Waals surface area contributed by atoms with E-state index in [1.807, 2.05) is 12.1 Å². The van der Waals surface area contributed by atoms with Gasteiger partial charge in [0.25, 0.3) is 0 Å². The van der Waals surface area contributed by atoms with Crippen LogP contribution in [0, 0.1) is 0 Å². The van der Waals surface area contributed by atoms with E-state index < -0.39 is 0 Å². The summed E-state index contributed by atoms with van der Waals surface area (Å²) in [6.45, 7) is 2.55. The van der Waals surface area contributed by atoms with Gasteiger partial charge in [0, 0.05) is 29.9 Å². The Hall–Kier alpha value is -0.770. The number of hydrogen-bond donors (Lipinski definition) is 1. The highest BCUT2D eigenvalue weighted by atomic mass is 35.5. The minimum Gasteiger partial charge on any atom is -0.399 e. The zero-order chi connectivity index (χ0) is 11.5. The number of nitrogens with two attached hydrogens (primary N) is 1. The molecule has 16 heavy (non-hydrogen) atoms. The predicted molar refractivity (Wildman–Crippen MR) is 66.6 cm³/mol. The third-order valence-corrected chi connectivity index (χ3v) is 3.16. The van der Waals surface area contributed by atoms with E-state index >= 15 is 0 Å². The lowest BCUT2D eigenvalue weighted by Crippen LogP contribution is -2.31. The van der Waals surface area contributed by atoms with E-state index in [1.54, 1.807) is 6.07 Å². The van der Waals surface area contributed by atoms with Crippen molar-refractivity contribution in [2.75, 3.05) is 26.0 Å². The van der Waals surface area contributed by atoms with Crippen molar-refractivity contribution < 1.29 is 4.74 Å². The van der Waals surface area contributed by atoms with Crippen LogP contribution in [0.15, 0.2) is 18.2 Å². The fraction of sp³-hybridized carbons (Fsp3) is 0.500. The fourth-order valence-electron chi connectivity index (χ4n) is 2.05. The Bertz CT molecular complexity index is 344. The number of anilines is 1. The summed E-state index contributed by atoms with van der Waals surface area (Å²) in [5.74, 6) is 0. The lowest BCUT2D eigenvalue weighted by atomic mass is 10.1. The molecular formula is C12H17ClN2O. The first-order valence-corrected chi connectivity index (χ1v) is 5.86. The van der Waals surface area contributed by atoms with Crippen molar-refractivity contribution in [3.63, 3.8) is 0 Å². The third-order valence-electron chi connectivity index (χ3n) is 2.94. The normalized spacial score (nSPS) is 20.6. The van der Waals surface area contributed by atoms with Crippen molar-refractivity contribution in [1.29, 1.82) is 0 Å². The summed E-state index contributed by atoms with van der Waals surface area (Å²) in [5.41, 5.74) is 7.63. The second kappa shape index (κ2) is 5.04. The van der Waals surface area contributed by atoms with Gasteiger partial charge in [0.2, 0.25) is 0 Å². The Balaban J connectivity index is 2.02. The van der Waals surface area contributed by atoms with Gasteiger partial charge in [-0.25, -0.2) is 0 Å². The van der Waals surface area contributed by atoms with Gasteiger partial charge in [0.15, 0.2) is 0 Å². The van der Waals surface area contributed by atoms with Crippen molar-refractivity contribution in [1.82, 2.24) is 4.90 Å². The predicted octanol–water partition coefficient (Wildman–Crippen LogP) is 2.14. The first kappa shape index (κ1) is 11.7. The summed E-state index contributed by atoms with van der Waals surface area (Å²) in [5, 5.41) is 0.700. The van der Waals surface area contributed by atoms with Gasteiger partial charge in [-0.2, -0.15) is 0 Å². The minimum atomic E-state index is 0.514. The van der Waals surface area contributed by atoms with E-state index in [0.717, 1.165) is 37.4 Å². The first-order chi connectivity index (χ1) is 7.65. The summed E-state index contributed by atoms with van der Waals surface area (Å²) in [7, 11) is 2.11. The van der Waals surface area contributed by atoms with Crippen LogP contribution in [0.1, 0.15) is 12.0 Å². The molecule has 4 heteroatoms. The van der Waals surface area contributed by atoms with Crippen molar-refractivity contribution >= 4 is 17.3 Å². The first-order valence-electron chi connectivity index (χ1n) is 5.48. The van der Waals surface area contributed by atoms with E-state index in [2.05, 4.69) is 11.9 Å². The standard InChI is InChI=1S/C12H17ClN2O/c1-15(12-2-3-16-8-12)7-9-4-10(13)6-11(14)5-9/h4-6,12H,2-3,7-8,14H2,1H3. The molecule has 0 spiro atoms. The molecule has 0 bridgehead atoms. The minimum absolute atomic E-state index is 0.514. The molecule has 88 valence electrons. The van der Waals surface area contributed by atoms with E-state index in [9.17, 15) is 0 Å². The number of nitrogens with zero attached hydrogens (tertiary/aromatic N) is 1. The van der Waals surface area contributed by atoms with Crippen molar-refractivity contribution in [3.05, 3.63) is 28.8 Å². The highest BCUT2D eigenvalue weighted by molar-refractivity contribution is 6.30. The van der Waals surface area contributed by atoms with E-state index in [4.69, 9.17) is 22.1 Å². The second-order valence-electron chi connectivity index (χ2n) is 4.33. The van der Waals surface area contributed by atoms with Crippen LogP contribution in [-0.2, 0) is 11.3 Å². The smallest absolute Gasteiger partial charge is 0.0622 e. The Labute approximate surface area is 101 Å². The number of ether oxygens (including phenoxy) is 1. The fourth-order valence-corrected chi connectivity index (χ4v) is 2.32. The Morgan fingerprint density at radius 1 is 1.50 bits per heavy atom. The van der Waals surface area contributed by atoms with Gasteiger partial charge in [0.1, 0.15) is 0 Å². The molecule has 3 nitrogen and oxygen atoms in total. The number of hydrogen-bond acceptors (Lipinski definition) is 3. The molecule has 1 aromatic carbocycles. The molecule has 0 saturated carbocycles. The third kappa shape index (κ3) is 2.88. The van der Waals surface area contributed by atoms with Crippen LogP contribution in [0.3, 0.4) is 0 Å². The second-order valence-corrected chi connectivity index (χ2v) is 4.76. The molecule has 2 N–H and O–H groups in total. The zero-order valence-corrected chi connectivity index (χ0v) is 10.2. The summed E-state index contributed by atoms with van der Waals surface area (Å²) < 4.78 is 5.37. The SMILES string of the molecule is CN(Cc1cc(N)cc(Cl)c1)C1CCOC1. The maximum atomic E-state index is 5.97. The Kier molecular flexibility index (Phi) is 3.69. The highest BCUT2D eigenvalue weighted by Crippen LogP contribution is 2.19. The molecule has 2 rings (SSSR count). The summed E-state index contributed by atoms with van der Waals surface area (Å²) in [6, 6.07) is 6.21. The van der Waals surface area contributed by atoms with Crippen molar-refractivity contribution in [3.8, 4) is 0 Å². The number of benzene rings is 1. The molecule has 0 aromatic heterocycles. The van der Waals surface area contributed by atoms with Gasteiger partial charge in [-0.15, -0.1) is 0 Å². The average Bonchev–Trinajstić information content (AvgIpc) is 2.68. The molecule has 0 aliphatic carbocycles. The Morgan fingerprint density at radius 3 is 2.94 bits per heavy atom. The van der Waals surface area contributed by atoms with Gasteiger partial charge in [-0.05, 0) is 37.2 Å². The highest BCUT2D eigenvalue weighted by Gasteiger charge is 2.20. The maximum Gasteiger partial charge on any atom is 0.0622 e. The van der Waals surface area contributed by atoms with Crippen LogP contribution in [0.5, 0.6) is 0 Å². The topological polar surface area (TPSA) is 38.5 Å². The zero-order valence-electron chi connectivity index (χ0n) is 9.45. The molecular weight excluding hydrogens is 224 g/mol. The molecule has 0 amide bonds. The lowest BCUT2D eigenvalue weighted by Gasteiger charge is -2.23. The lowest BCUT2D eigenvalue weighted by molar-refractivity contribution is 0.156. The molecule has 1 aliphatic rings. The molecule has 0 radical (unpaired) electrons. The van der Waals surface area contributed by atoms with Gasteiger partial charge in [-0.1, -0.05) is 11.6 Å². The molecule has 1 atom stereocenters. The van der Waals surface area contributed by atoms with E-state index in [0.29, 0.717) is 11.1 Å². The van der Waals surface area contributed by atoms with Crippen LogP contribution in [0.25, 0.3) is 0 Å². The van der Waals surface area contributed by atoms with Crippen LogP contribution < -0.4 is 5.73 Å². The maximum absolute atomic E-state index is 5.97. The quantitative estimate of drug-likeness (QED) is 0.823. The summed E-state index contributed by atoms with van der Waals surface area (Å²) >= 11 is 5.97. The molecule has 1 saturated heterocycles. The largest absolute Gasteiger partial charge is 0.399 e. The number of rotatable bonds is 3. The average molecular weight is 241 g/mol. The molecule has 1 aromatic rings. The van der Waals surface area contributed by atoms with Gasteiger partial charge in [-0.3, -0.25) is 4.90 Å². The van der Waals surface area contributed by atoms with Gasteiger partial charge in [0.05, 0.1) is 6.61 Å². The molecule has 1 aliphatic heterocycles.